The molecule has 0 spiro atoms. The Morgan fingerprint density at radius 2 is 2.00 bits per heavy atom. The van der Waals surface area contributed by atoms with E-state index in [4.69, 9.17) is 9.47 Å². The number of hydrogen-bond acceptors (Lipinski definition) is 5. The molecule has 1 fully saturated rings. The molecule has 1 aromatic carbocycles. The van der Waals surface area contributed by atoms with Crippen molar-refractivity contribution in [2.75, 3.05) is 47.1 Å². The van der Waals surface area contributed by atoms with Crippen LogP contribution >= 0.6 is 0 Å². The molecule has 0 aliphatic carbocycles. The van der Waals surface area contributed by atoms with Crippen molar-refractivity contribution in [2.45, 2.75) is 6.04 Å². The molecule has 0 radical (unpaired) electrons. The van der Waals surface area contributed by atoms with Crippen molar-refractivity contribution in [3.05, 3.63) is 35.6 Å². The van der Waals surface area contributed by atoms with E-state index in [2.05, 4.69) is 10.9 Å². The van der Waals surface area contributed by atoms with Crippen molar-refractivity contribution in [3.63, 3.8) is 0 Å². The molecule has 1 amide bonds. The smallest absolute Gasteiger partial charge is 0.229 e. The standard InChI is InChI=1S/C16H24FN3O3/c1-22-8-6-20(7-9-23-2)16(21)14-11-18-19-15(14)12-4-3-5-13(17)10-12/h3-5,10,14-15,18-19H,6-9,11H2,1-2H3. The van der Waals surface area contributed by atoms with Gasteiger partial charge in [0.15, 0.2) is 0 Å². The van der Waals surface area contributed by atoms with Crippen molar-refractivity contribution in [2.24, 2.45) is 5.92 Å². The van der Waals surface area contributed by atoms with E-state index in [1.54, 1.807) is 25.2 Å². The maximum absolute atomic E-state index is 13.5. The molecule has 2 unspecified atom stereocenters. The SMILES string of the molecule is COCCN(CCOC)C(=O)C1CNNC1c1cccc(F)c1. The van der Waals surface area contributed by atoms with Gasteiger partial charge in [-0.3, -0.25) is 10.2 Å². The summed E-state index contributed by atoms with van der Waals surface area (Å²) in [4.78, 5) is 14.6. The van der Waals surface area contributed by atoms with Crippen LogP contribution in [-0.2, 0) is 14.3 Å². The first-order valence-corrected chi connectivity index (χ1v) is 7.68. The van der Waals surface area contributed by atoms with Crippen LogP contribution in [0.15, 0.2) is 24.3 Å². The van der Waals surface area contributed by atoms with E-state index in [9.17, 15) is 9.18 Å². The number of benzene rings is 1. The summed E-state index contributed by atoms with van der Waals surface area (Å²) in [5.41, 5.74) is 6.83. The normalized spacial score (nSPS) is 20.7. The van der Waals surface area contributed by atoms with Gasteiger partial charge in [0.05, 0.1) is 25.2 Å². The molecule has 0 bridgehead atoms. The monoisotopic (exact) mass is 325 g/mol. The topological polar surface area (TPSA) is 62.8 Å². The van der Waals surface area contributed by atoms with Crippen LogP contribution in [0.1, 0.15) is 11.6 Å². The second kappa shape index (κ2) is 8.93. The van der Waals surface area contributed by atoms with Gasteiger partial charge >= 0.3 is 0 Å². The first kappa shape index (κ1) is 17.8. The van der Waals surface area contributed by atoms with Gasteiger partial charge in [-0.1, -0.05) is 12.1 Å². The lowest BCUT2D eigenvalue weighted by molar-refractivity contribution is -0.136. The number of nitrogens with zero attached hydrogens (tertiary/aromatic N) is 1. The molecule has 2 N–H and O–H groups in total. The highest BCUT2D eigenvalue weighted by Crippen LogP contribution is 2.27. The van der Waals surface area contributed by atoms with E-state index in [0.717, 1.165) is 5.56 Å². The van der Waals surface area contributed by atoms with Crippen molar-refractivity contribution >= 4 is 5.91 Å². The predicted octanol–water partition coefficient (Wildman–Crippen LogP) is 0.712. The Hall–Kier alpha value is -1.54. The number of nitrogens with one attached hydrogen (secondary N) is 2. The number of ether oxygens (including phenoxy) is 2. The number of carbonyl (C=O) groups is 1. The van der Waals surface area contributed by atoms with Crippen LogP contribution in [0, 0.1) is 11.7 Å². The third-order valence-electron chi connectivity index (χ3n) is 3.95. The zero-order valence-electron chi connectivity index (χ0n) is 13.5. The highest BCUT2D eigenvalue weighted by atomic mass is 19.1. The zero-order valence-corrected chi connectivity index (χ0v) is 13.5. The molecule has 128 valence electrons. The number of methoxy groups -OCH3 is 2. The highest BCUT2D eigenvalue weighted by molar-refractivity contribution is 5.80. The van der Waals surface area contributed by atoms with Crippen LogP contribution in [0.5, 0.6) is 0 Å². The summed E-state index contributed by atoms with van der Waals surface area (Å²) >= 11 is 0. The number of carbonyl (C=O) groups excluding carboxylic acids is 1. The number of rotatable bonds is 8. The molecule has 1 heterocycles. The molecule has 1 aliphatic rings. The lowest BCUT2D eigenvalue weighted by Gasteiger charge is -2.27. The molecule has 1 aliphatic heterocycles. The summed E-state index contributed by atoms with van der Waals surface area (Å²) in [6.07, 6.45) is 0. The minimum atomic E-state index is -0.307. The van der Waals surface area contributed by atoms with Gasteiger partial charge in [-0.05, 0) is 17.7 Å². The largest absolute Gasteiger partial charge is 0.383 e. The van der Waals surface area contributed by atoms with E-state index in [1.807, 2.05) is 6.07 Å². The summed E-state index contributed by atoms with van der Waals surface area (Å²) in [7, 11) is 3.21. The summed E-state index contributed by atoms with van der Waals surface area (Å²) in [6.45, 7) is 2.44. The summed E-state index contributed by atoms with van der Waals surface area (Å²) in [5, 5.41) is 0. The maximum Gasteiger partial charge on any atom is 0.229 e. The van der Waals surface area contributed by atoms with Gasteiger partial charge < -0.3 is 14.4 Å². The molecule has 2 rings (SSSR count). The number of hydrogen-bond donors (Lipinski definition) is 2. The van der Waals surface area contributed by atoms with Crippen LogP contribution in [0.3, 0.4) is 0 Å². The van der Waals surface area contributed by atoms with Crippen molar-refractivity contribution < 1.29 is 18.7 Å². The zero-order chi connectivity index (χ0) is 16.7. The third-order valence-corrected chi connectivity index (χ3v) is 3.95. The average Bonchev–Trinajstić information content (AvgIpc) is 3.04. The van der Waals surface area contributed by atoms with Crippen LogP contribution in [0.25, 0.3) is 0 Å². The van der Waals surface area contributed by atoms with E-state index < -0.39 is 0 Å². The first-order valence-electron chi connectivity index (χ1n) is 7.68. The van der Waals surface area contributed by atoms with Gasteiger partial charge in [0, 0.05) is 33.9 Å². The second-order valence-electron chi connectivity index (χ2n) is 5.48. The Balaban J connectivity index is 2.11. The second-order valence-corrected chi connectivity index (χ2v) is 5.48. The number of hydrazine groups is 1. The molecular formula is C16H24FN3O3. The molecule has 1 saturated heterocycles. The Morgan fingerprint density at radius 3 is 2.61 bits per heavy atom. The predicted molar refractivity (Wildman–Crippen MR) is 84.1 cm³/mol. The Labute approximate surface area is 135 Å². The van der Waals surface area contributed by atoms with Gasteiger partial charge in [0.1, 0.15) is 5.82 Å². The van der Waals surface area contributed by atoms with E-state index in [1.165, 1.54) is 12.1 Å². The number of amides is 1. The van der Waals surface area contributed by atoms with Crippen molar-refractivity contribution in [1.29, 1.82) is 0 Å². The molecule has 1 aromatic rings. The molecule has 23 heavy (non-hydrogen) atoms. The van der Waals surface area contributed by atoms with Crippen molar-refractivity contribution in [1.82, 2.24) is 15.8 Å². The third kappa shape index (κ3) is 4.71. The van der Waals surface area contributed by atoms with Gasteiger partial charge in [-0.2, -0.15) is 0 Å². The van der Waals surface area contributed by atoms with Crippen LogP contribution in [0.4, 0.5) is 4.39 Å². The van der Waals surface area contributed by atoms with Crippen molar-refractivity contribution in [3.8, 4) is 0 Å². The maximum atomic E-state index is 13.5. The lowest BCUT2D eigenvalue weighted by atomic mass is 9.93. The van der Waals surface area contributed by atoms with Crippen LogP contribution in [-0.4, -0.2) is 57.9 Å². The van der Waals surface area contributed by atoms with E-state index >= 15 is 0 Å². The first-order chi connectivity index (χ1) is 11.2. The fraction of sp³-hybridized carbons (Fsp3) is 0.562. The molecule has 7 heteroatoms. The lowest BCUT2D eigenvalue weighted by Crippen LogP contribution is -2.42. The van der Waals surface area contributed by atoms with Gasteiger partial charge in [0.25, 0.3) is 0 Å². The Kier molecular flexibility index (Phi) is 6.91. The molecular weight excluding hydrogens is 301 g/mol. The Morgan fingerprint density at radius 1 is 1.30 bits per heavy atom. The summed E-state index contributed by atoms with van der Waals surface area (Å²) < 4.78 is 23.6. The van der Waals surface area contributed by atoms with E-state index in [-0.39, 0.29) is 23.7 Å². The number of halogens is 1. The molecule has 6 nitrogen and oxygen atoms in total. The minimum Gasteiger partial charge on any atom is -0.383 e. The van der Waals surface area contributed by atoms with Crippen LogP contribution in [0.2, 0.25) is 0 Å². The molecule has 0 aromatic heterocycles. The van der Waals surface area contributed by atoms with Crippen LogP contribution < -0.4 is 10.9 Å². The molecule has 2 atom stereocenters. The highest BCUT2D eigenvalue weighted by Gasteiger charge is 2.36. The Bertz CT molecular complexity index is 507. The summed E-state index contributed by atoms with van der Waals surface area (Å²) in [5.74, 6) is -0.602. The quantitative estimate of drug-likeness (QED) is 0.737. The minimum absolute atomic E-state index is 0.00543. The summed E-state index contributed by atoms with van der Waals surface area (Å²) in [6, 6.07) is 6.07. The van der Waals surface area contributed by atoms with E-state index in [0.29, 0.717) is 32.8 Å². The average molecular weight is 325 g/mol. The fourth-order valence-electron chi connectivity index (χ4n) is 2.71. The fourth-order valence-corrected chi connectivity index (χ4v) is 2.71. The van der Waals surface area contributed by atoms with Gasteiger partial charge in [-0.25, -0.2) is 9.82 Å². The van der Waals surface area contributed by atoms with Gasteiger partial charge in [-0.15, -0.1) is 0 Å². The van der Waals surface area contributed by atoms with Gasteiger partial charge in [0.2, 0.25) is 5.91 Å². The molecule has 0 saturated carbocycles.